The Morgan fingerprint density at radius 1 is 0.500 bits per heavy atom. The maximum Gasteiger partial charge on any atom is -1.00 e. The van der Waals surface area contributed by atoms with Gasteiger partial charge in [0, 0.05) is 0 Å². The van der Waals surface area contributed by atoms with Crippen LogP contribution in [-0.4, -0.2) is 5.43 Å². The van der Waals surface area contributed by atoms with Crippen LogP contribution < -0.4 is 24.8 Å². The fraction of sp³-hybridized carbons (Fsp3) is 0.0714. The maximum atomic E-state index is 3.49. The molecule has 6 aromatic carbocycles. The molecule has 0 spiro atoms. The molecule has 0 saturated heterocycles. The molecule has 36 heavy (non-hydrogen) atoms. The van der Waals surface area contributed by atoms with Gasteiger partial charge in [-0.2, -0.15) is 0 Å². The van der Waals surface area contributed by atoms with Crippen LogP contribution in [0, 0.1) is 0 Å². The van der Waals surface area contributed by atoms with Gasteiger partial charge in [0.05, 0.1) is 0 Å². The van der Waals surface area contributed by atoms with Crippen molar-refractivity contribution in [2.45, 2.75) is 13.1 Å². The second kappa shape index (κ2) is 14.6. The van der Waals surface area contributed by atoms with Crippen LogP contribution in [0.2, 0.25) is 13.1 Å². The Kier molecular flexibility index (Phi) is 13.1. The molecule has 0 aromatic heterocycles. The predicted octanol–water partition coefficient (Wildman–Crippen LogP) is 5.27. The Morgan fingerprint density at radius 2 is 0.694 bits per heavy atom. The molecule has 0 nitrogen and oxygen atoms in total. The van der Waals surface area contributed by atoms with E-state index in [0.29, 0.717) is 0 Å². The molecule has 0 radical (unpaired) electrons. The average Bonchev–Trinajstić information content (AvgIpc) is 3.29. The largest absolute Gasteiger partial charge is 1.00 e. The Morgan fingerprint density at radius 3 is 0.889 bits per heavy atom. The van der Waals surface area contributed by atoms with E-state index in [9.17, 15) is 0 Å². The summed E-state index contributed by atoms with van der Waals surface area (Å²) in [6.45, 7) is 4.62. The summed E-state index contributed by atoms with van der Waals surface area (Å²) in [6, 6.07) is 30.1. The predicted molar refractivity (Wildman–Crippen MR) is 162 cm³/mol. The van der Waals surface area contributed by atoms with Crippen LogP contribution in [0.25, 0.3) is 43.1 Å². The van der Waals surface area contributed by atoms with Crippen LogP contribution in [0.5, 0.6) is 0 Å². The van der Waals surface area contributed by atoms with Crippen molar-refractivity contribution < 1.29 is 48.1 Å². The van der Waals surface area contributed by atoms with Gasteiger partial charge >= 0.3 is 41.9 Å². The van der Waals surface area contributed by atoms with Gasteiger partial charge in [0.25, 0.3) is 0 Å². The van der Waals surface area contributed by atoms with E-state index in [-0.39, 0.29) is 30.2 Å². The first-order valence-corrected chi connectivity index (χ1v) is 20.0. The molecule has 0 saturated carbocycles. The van der Waals surface area contributed by atoms with Crippen molar-refractivity contribution in [3.63, 3.8) is 0 Å². The van der Waals surface area contributed by atoms with Crippen molar-refractivity contribution in [2.75, 3.05) is 0 Å². The molecule has 184 valence electrons. The van der Waals surface area contributed by atoms with E-state index in [2.05, 4.69) is 162 Å². The van der Waals surface area contributed by atoms with E-state index in [1.54, 1.807) is 23.3 Å². The van der Waals surface area contributed by atoms with E-state index in [1.165, 1.54) is 43.1 Å². The van der Waals surface area contributed by atoms with Crippen molar-refractivity contribution in [3.05, 3.63) is 103 Å². The van der Waals surface area contributed by atoms with Crippen molar-refractivity contribution in [1.29, 1.82) is 0 Å². The van der Waals surface area contributed by atoms with Crippen LogP contribution in [0.3, 0.4) is 0 Å². The van der Waals surface area contributed by atoms with Crippen molar-refractivity contribution in [3.8, 4) is 0 Å². The molecule has 8 heteroatoms. The number of hydrogen-bond acceptors (Lipinski definition) is 0. The summed E-state index contributed by atoms with van der Waals surface area (Å²) in [6.07, 6.45) is 0. The molecule has 0 aliphatic heterocycles. The summed E-state index contributed by atoms with van der Waals surface area (Å²) >= 11 is 15.7. The monoisotopic (exact) mass is 860 g/mol. The van der Waals surface area contributed by atoms with E-state index >= 15 is 0 Å². The minimum Gasteiger partial charge on any atom is -1.00 e. The van der Waals surface area contributed by atoms with Crippen LogP contribution in [-0.2, 0) is 23.3 Å². The van der Waals surface area contributed by atoms with Gasteiger partial charge in [0.2, 0.25) is 0 Å². The van der Waals surface area contributed by atoms with Crippen LogP contribution in [0.15, 0.2) is 103 Å². The smallest absolute Gasteiger partial charge is 1.00 e. The number of hydrogen-bond donors (Lipinski definition) is 0. The fourth-order valence-corrected chi connectivity index (χ4v) is 5.44. The molecule has 0 aliphatic rings. The number of rotatable bonds is 0. The zero-order valence-corrected chi connectivity index (χ0v) is 30.7. The van der Waals surface area contributed by atoms with Crippen molar-refractivity contribution in [2.24, 2.45) is 0 Å². The van der Waals surface area contributed by atoms with Gasteiger partial charge in [0.15, 0.2) is 0 Å². The molecule has 0 fully saturated rings. The molecule has 0 N–H and O–H groups in total. The van der Waals surface area contributed by atoms with Gasteiger partial charge in [0.1, 0.15) is 0 Å². The van der Waals surface area contributed by atoms with Gasteiger partial charge in [-0.15, -0.1) is 79.5 Å². The van der Waals surface area contributed by atoms with Crippen molar-refractivity contribution >= 4 is 112 Å². The van der Waals surface area contributed by atoms with Gasteiger partial charge in [-0.05, 0) is 17.9 Å². The van der Waals surface area contributed by atoms with Gasteiger partial charge in [-0.25, -0.2) is 0 Å². The second-order valence-corrected chi connectivity index (χ2v) is 21.3. The Bertz CT molecular complexity index is 1420. The summed E-state index contributed by atoms with van der Waals surface area (Å²) in [5, 5.41) is 10.4. The Balaban J connectivity index is 0.000000211. The van der Waals surface area contributed by atoms with Gasteiger partial charge in [-0.1, -0.05) is 112 Å². The summed E-state index contributed by atoms with van der Waals surface area (Å²) in [7, 11) is 0. The zero-order chi connectivity index (χ0) is 24.4. The molecule has 0 atom stereocenters. The Hall–Kier alpha value is 0.220. The van der Waals surface area contributed by atoms with Crippen LogP contribution in [0.4, 0.5) is 0 Å². The zero-order valence-electron chi connectivity index (χ0n) is 19.4. The first-order valence-electron chi connectivity index (χ1n) is 10.6. The maximum absolute atomic E-state index is 3.49. The topological polar surface area (TPSA) is 0 Å². The molecular formula is C28H20Br4Cl2SiZr-2. The van der Waals surface area contributed by atoms with Crippen LogP contribution >= 0.6 is 63.7 Å². The molecule has 0 aliphatic carbocycles. The summed E-state index contributed by atoms with van der Waals surface area (Å²) in [4.78, 5) is 0. The molecule has 6 rings (SSSR count). The quantitative estimate of drug-likeness (QED) is 0.145. The van der Waals surface area contributed by atoms with Gasteiger partial charge in [-0.3, -0.25) is 0 Å². The van der Waals surface area contributed by atoms with E-state index in [0.717, 1.165) is 17.9 Å². The minimum absolute atomic E-state index is 0. The number of fused-ring (bicyclic) bond motifs is 6. The standard InChI is InChI=1S/2C13H7Br2.C2H6Si.2ClH.Zr/c2*14-10-1-3-12-8(6-10)5-9-7-11(15)2-4-13(9)12;1-3-2;;;/h2*1-7H;1-2H3;2*1H;/q2*-1;;;;+2/p-2. The summed E-state index contributed by atoms with van der Waals surface area (Å²) < 4.78 is 4.52. The number of benzene rings is 4. The third-order valence-corrected chi connectivity index (χ3v) is 7.23. The molecule has 0 bridgehead atoms. The molecule has 0 heterocycles. The number of halogens is 6. The van der Waals surface area contributed by atoms with Gasteiger partial charge < -0.3 is 24.8 Å². The molecule has 0 amide bonds. The SMILES string of the molecule is Brc1ccc2c(c1)[cH-]c1cc(Br)ccc12.Brc1ccc2c(c1)[cH-]c1cc(Br)ccc12.C[Si](C)=[Zr+2].[Cl-].[Cl-]. The average molecular weight is 866 g/mol. The molecule has 0 unspecified atom stereocenters. The van der Waals surface area contributed by atoms with E-state index < -0.39 is 0 Å². The second-order valence-electron chi connectivity index (χ2n) is 8.21. The molecular weight excluding hydrogens is 846 g/mol. The van der Waals surface area contributed by atoms with E-state index in [1.807, 2.05) is 0 Å². The van der Waals surface area contributed by atoms with Crippen LogP contribution in [0.1, 0.15) is 0 Å². The molecule has 6 aromatic rings. The first-order chi connectivity index (χ1) is 16.2. The summed E-state index contributed by atoms with van der Waals surface area (Å²) in [5.74, 6) is 0. The first kappa shape index (κ1) is 32.4. The minimum atomic E-state index is 0. The van der Waals surface area contributed by atoms with Crippen molar-refractivity contribution in [1.82, 2.24) is 0 Å². The fourth-order valence-electron chi connectivity index (χ4n) is 3.93. The Labute approximate surface area is 273 Å². The third kappa shape index (κ3) is 8.11. The normalized spacial score (nSPS) is 10.2. The van der Waals surface area contributed by atoms with E-state index in [4.69, 9.17) is 0 Å². The third-order valence-electron chi connectivity index (χ3n) is 5.26. The summed E-state index contributed by atoms with van der Waals surface area (Å²) in [5.41, 5.74) is 0.210.